The van der Waals surface area contributed by atoms with Crippen molar-refractivity contribution in [1.29, 1.82) is 0 Å². The van der Waals surface area contributed by atoms with Gasteiger partial charge in [0, 0.05) is 6.07 Å². The van der Waals surface area contributed by atoms with E-state index in [4.69, 9.17) is 9.94 Å². The second kappa shape index (κ2) is 3.37. The number of methoxy groups -OCH3 is 1. The van der Waals surface area contributed by atoms with Crippen LogP contribution >= 0.6 is 0 Å². The highest BCUT2D eigenvalue weighted by Crippen LogP contribution is 2.17. The molecule has 72 valence electrons. The molecule has 2 aromatic rings. The topological polar surface area (TPSA) is 70.5 Å². The summed E-state index contributed by atoms with van der Waals surface area (Å²) < 4.78 is 5.06. The van der Waals surface area contributed by atoms with Gasteiger partial charge in [0.1, 0.15) is 12.0 Å². The SMILES string of the molecule is COc1ccc2nc(C=NO)[nH]c2c1. The Kier molecular flexibility index (Phi) is 2.06. The normalized spacial score (nSPS) is 11.2. The van der Waals surface area contributed by atoms with Crippen LogP contribution in [0.2, 0.25) is 0 Å². The molecule has 0 saturated heterocycles. The number of nitrogens with one attached hydrogen (secondary N) is 1. The van der Waals surface area contributed by atoms with Crippen molar-refractivity contribution in [2.75, 3.05) is 7.11 Å². The van der Waals surface area contributed by atoms with Crippen LogP contribution < -0.4 is 4.74 Å². The van der Waals surface area contributed by atoms with E-state index in [1.165, 1.54) is 6.21 Å². The van der Waals surface area contributed by atoms with Crippen molar-refractivity contribution >= 4 is 17.2 Å². The van der Waals surface area contributed by atoms with Gasteiger partial charge in [0.25, 0.3) is 0 Å². The summed E-state index contributed by atoms with van der Waals surface area (Å²) in [5.74, 6) is 1.27. The van der Waals surface area contributed by atoms with E-state index in [1.54, 1.807) is 7.11 Å². The molecule has 0 aliphatic carbocycles. The number of H-pyrrole nitrogens is 1. The Morgan fingerprint density at radius 3 is 3.14 bits per heavy atom. The maximum absolute atomic E-state index is 8.33. The average molecular weight is 191 g/mol. The fourth-order valence-corrected chi connectivity index (χ4v) is 1.25. The number of aromatic amines is 1. The molecule has 5 nitrogen and oxygen atoms in total. The Balaban J connectivity index is 2.54. The van der Waals surface area contributed by atoms with Crippen molar-refractivity contribution in [3.05, 3.63) is 24.0 Å². The Bertz CT molecular complexity index is 476. The van der Waals surface area contributed by atoms with E-state index in [0.29, 0.717) is 5.82 Å². The van der Waals surface area contributed by atoms with Crippen LogP contribution in [0.4, 0.5) is 0 Å². The number of aromatic nitrogens is 2. The fourth-order valence-electron chi connectivity index (χ4n) is 1.25. The van der Waals surface area contributed by atoms with Crippen LogP contribution in [0.25, 0.3) is 11.0 Å². The van der Waals surface area contributed by atoms with Crippen LogP contribution in [-0.2, 0) is 0 Å². The number of imidazole rings is 1. The van der Waals surface area contributed by atoms with Crippen LogP contribution in [0.3, 0.4) is 0 Å². The lowest BCUT2D eigenvalue weighted by Crippen LogP contribution is -1.82. The van der Waals surface area contributed by atoms with Crippen molar-refractivity contribution in [1.82, 2.24) is 9.97 Å². The molecule has 2 N–H and O–H groups in total. The zero-order valence-electron chi connectivity index (χ0n) is 7.56. The smallest absolute Gasteiger partial charge is 0.153 e. The van der Waals surface area contributed by atoms with Crippen LogP contribution in [0.5, 0.6) is 5.75 Å². The van der Waals surface area contributed by atoms with E-state index in [-0.39, 0.29) is 0 Å². The monoisotopic (exact) mass is 191 g/mol. The summed E-state index contributed by atoms with van der Waals surface area (Å²) in [6.45, 7) is 0. The summed E-state index contributed by atoms with van der Waals surface area (Å²) in [6.07, 6.45) is 1.24. The number of fused-ring (bicyclic) bond motifs is 1. The number of hydrogen-bond donors (Lipinski definition) is 2. The van der Waals surface area contributed by atoms with Gasteiger partial charge in [-0.15, -0.1) is 0 Å². The number of hydrogen-bond acceptors (Lipinski definition) is 4. The molecule has 0 saturated carbocycles. The lowest BCUT2D eigenvalue weighted by molar-refractivity contribution is 0.321. The number of nitrogens with zero attached hydrogens (tertiary/aromatic N) is 2. The fraction of sp³-hybridized carbons (Fsp3) is 0.111. The van der Waals surface area contributed by atoms with Gasteiger partial charge in [0.15, 0.2) is 5.82 Å². The third-order valence-electron chi connectivity index (χ3n) is 1.89. The Hall–Kier alpha value is -2.04. The Morgan fingerprint density at radius 2 is 2.43 bits per heavy atom. The summed E-state index contributed by atoms with van der Waals surface area (Å²) in [4.78, 5) is 7.13. The van der Waals surface area contributed by atoms with Gasteiger partial charge in [-0.2, -0.15) is 0 Å². The average Bonchev–Trinajstić information content (AvgIpc) is 2.59. The molecule has 0 spiro atoms. The molecule has 0 aliphatic heterocycles. The molecule has 2 rings (SSSR count). The summed E-state index contributed by atoms with van der Waals surface area (Å²) in [6, 6.07) is 5.49. The molecule has 14 heavy (non-hydrogen) atoms. The van der Waals surface area contributed by atoms with Gasteiger partial charge in [-0.1, -0.05) is 5.16 Å². The minimum Gasteiger partial charge on any atom is -0.497 e. The predicted octanol–water partition coefficient (Wildman–Crippen LogP) is 1.38. The van der Waals surface area contributed by atoms with E-state index in [2.05, 4.69) is 15.1 Å². The first kappa shape index (κ1) is 8.55. The largest absolute Gasteiger partial charge is 0.497 e. The van der Waals surface area contributed by atoms with E-state index < -0.39 is 0 Å². The van der Waals surface area contributed by atoms with E-state index in [9.17, 15) is 0 Å². The second-order valence-corrected chi connectivity index (χ2v) is 2.75. The van der Waals surface area contributed by atoms with Crippen molar-refractivity contribution in [3.8, 4) is 5.75 Å². The summed E-state index contributed by atoms with van der Waals surface area (Å²) in [5.41, 5.74) is 1.65. The molecule has 1 aromatic carbocycles. The molecule has 0 bridgehead atoms. The zero-order valence-corrected chi connectivity index (χ0v) is 7.56. The molecule has 1 aromatic heterocycles. The molecule has 0 radical (unpaired) electrons. The number of benzene rings is 1. The highest BCUT2D eigenvalue weighted by Gasteiger charge is 2.01. The van der Waals surface area contributed by atoms with Crippen molar-refractivity contribution in [3.63, 3.8) is 0 Å². The van der Waals surface area contributed by atoms with Gasteiger partial charge in [0.2, 0.25) is 0 Å². The van der Waals surface area contributed by atoms with Crippen LogP contribution in [0, 0.1) is 0 Å². The van der Waals surface area contributed by atoms with Gasteiger partial charge in [-0.3, -0.25) is 0 Å². The molecule has 5 heteroatoms. The summed E-state index contributed by atoms with van der Waals surface area (Å²) >= 11 is 0. The summed E-state index contributed by atoms with van der Waals surface area (Å²) in [5, 5.41) is 11.2. The molecule has 1 heterocycles. The highest BCUT2D eigenvalue weighted by molar-refractivity contribution is 5.84. The van der Waals surface area contributed by atoms with Crippen molar-refractivity contribution < 1.29 is 9.94 Å². The minimum atomic E-state index is 0.510. The summed E-state index contributed by atoms with van der Waals surface area (Å²) in [7, 11) is 1.60. The van der Waals surface area contributed by atoms with Gasteiger partial charge in [0.05, 0.1) is 18.1 Å². The molecule has 0 aliphatic rings. The van der Waals surface area contributed by atoms with Gasteiger partial charge >= 0.3 is 0 Å². The lowest BCUT2D eigenvalue weighted by Gasteiger charge is -1.96. The molecule has 0 atom stereocenters. The second-order valence-electron chi connectivity index (χ2n) is 2.75. The zero-order chi connectivity index (χ0) is 9.97. The van der Waals surface area contributed by atoms with Gasteiger partial charge in [-0.25, -0.2) is 4.98 Å². The van der Waals surface area contributed by atoms with Crippen LogP contribution in [0.1, 0.15) is 5.82 Å². The molecule has 0 fully saturated rings. The first-order valence-electron chi connectivity index (χ1n) is 4.04. The standard InChI is InChI=1S/C9H9N3O2/c1-14-6-2-3-7-8(4-6)12-9(11-7)5-10-13/h2-5,13H,1H3,(H,11,12). The maximum atomic E-state index is 8.33. The number of rotatable bonds is 2. The minimum absolute atomic E-state index is 0.510. The van der Waals surface area contributed by atoms with E-state index >= 15 is 0 Å². The first-order valence-corrected chi connectivity index (χ1v) is 4.04. The molecule has 0 unspecified atom stereocenters. The number of oxime groups is 1. The van der Waals surface area contributed by atoms with E-state index in [1.807, 2.05) is 18.2 Å². The van der Waals surface area contributed by atoms with Crippen LogP contribution in [0.15, 0.2) is 23.4 Å². The third-order valence-corrected chi connectivity index (χ3v) is 1.89. The lowest BCUT2D eigenvalue weighted by atomic mass is 10.3. The van der Waals surface area contributed by atoms with Gasteiger partial charge < -0.3 is 14.9 Å². The number of ether oxygens (including phenoxy) is 1. The Labute approximate surface area is 80.0 Å². The Morgan fingerprint density at radius 1 is 1.57 bits per heavy atom. The molecule has 0 amide bonds. The van der Waals surface area contributed by atoms with Gasteiger partial charge in [-0.05, 0) is 12.1 Å². The maximum Gasteiger partial charge on any atom is 0.153 e. The van der Waals surface area contributed by atoms with Crippen LogP contribution in [-0.4, -0.2) is 28.5 Å². The first-order chi connectivity index (χ1) is 6.83. The van der Waals surface area contributed by atoms with Crippen molar-refractivity contribution in [2.24, 2.45) is 5.16 Å². The molecular weight excluding hydrogens is 182 g/mol. The molecular formula is C9H9N3O2. The highest BCUT2D eigenvalue weighted by atomic mass is 16.5. The third kappa shape index (κ3) is 1.39. The predicted molar refractivity (Wildman–Crippen MR) is 52.0 cm³/mol. The van der Waals surface area contributed by atoms with E-state index in [0.717, 1.165) is 16.8 Å². The quantitative estimate of drug-likeness (QED) is 0.428. The van der Waals surface area contributed by atoms with Crippen molar-refractivity contribution in [2.45, 2.75) is 0 Å².